The zero-order valence-electron chi connectivity index (χ0n) is 14.2. The molecule has 1 aliphatic heterocycles. The lowest BCUT2D eigenvalue weighted by atomic mass is 9.80. The van der Waals surface area contributed by atoms with Crippen molar-refractivity contribution in [2.45, 2.75) is 25.3 Å². The van der Waals surface area contributed by atoms with Gasteiger partial charge < -0.3 is 15.0 Å². The fraction of sp³-hybridized carbons (Fsp3) is 0.300. The normalized spacial score (nSPS) is 19.0. The molecule has 1 aliphatic rings. The number of hydrogen-bond acceptors (Lipinski definition) is 3. The molecule has 3 rings (SSSR count). The molecule has 0 saturated heterocycles. The Balaban J connectivity index is 1.75. The van der Waals surface area contributed by atoms with Crippen molar-refractivity contribution in [3.63, 3.8) is 0 Å². The smallest absolute Gasteiger partial charge is 0.119 e. The van der Waals surface area contributed by atoms with Crippen molar-refractivity contribution in [3.8, 4) is 5.75 Å². The van der Waals surface area contributed by atoms with Crippen LogP contribution in [0.15, 0.2) is 60.8 Å². The Kier molecular flexibility index (Phi) is 4.03. The topological polar surface area (TPSA) is 24.5 Å². The van der Waals surface area contributed by atoms with Gasteiger partial charge in [-0.15, -0.1) is 0 Å². The molecule has 0 fully saturated rings. The van der Waals surface area contributed by atoms with Gasteiger partial charge in [0.25, 0.3) is 0 Å². The number of nitrogens with one attached hydrogen (secondary N) is 1. The van der Waals surface area contributed by atoms with Gasteiger partial charge in [0.15, 0.2) is 0 Å². The second-order valence-electron chi connectivity index (χ2n) is 6.53. The van der Waals surface area contributed by atoms with Crippen molar-refractivity contribution >= 4 is 11.4 Å². The number of ether oxygens (including phenoxy) is 1. The number of likely N-dealkylation sites (N-methyl/N-ethyl adjacent to an activating group) is 1. The van der Waals surface area contributed by atoms with Crippen molar-refractivity contribution in [3.05, 3.63) is 66.4 Å². The Hall–Kier alpha value is -2.42. The van der Waals surface area contributed by atoms with Crippen molar-refractivity contribution in [1.82, 2.24) is 0 Å². The summed E-state index contributed by atoms with van der Waals surface area (Å²) in [7, 11) is 3.84. The first-order valence-corrected chi connectivity index (χ1v) is 7.93. The highest BCUT2D eigenvalue weighted by atomic mass is 16.5. The number of benzene rings is 2. The van der Waals surface area contributed by atoms with Gasteiger partial charge in [0.05, 0.1) is 13.2 Å². The number of anilines is 2. The highest BCUT2D eigenvalue weighted by Gasteiger charge is 2.41. The van der Waals surface area contributed by atoms with E-state index in [1.165, 1.54) is 11.3 Å². The third-order valence-corrected chi connectivity index (χ3v) is 4.75. The van der Waals surface area contributed by atoms with Crippen LogP contribution in [0, 0.1) is 0 Å². The molecule has 0 aliphatic carbocycles. The van der Waals surface area contributed by atoms with E-state index in [9.17, 15) is 0 Å². The number of nitrogens with zero attached hydrogens (tertiary/aromatic N) is 1. The molecule has 2 aromatic rings. The number of hydrogen-bond donors (Lipinski definition) is 1. The van der Waals surface area contributed by atoms with Crippen molar-refractivity contribution < 1.29 is 4.74 Å². The molecule has 0 spiro atoms. The average Bonchev–Trinajstić information content (AvgIpc) is 2.76. The first kappa shape index (κ1) is 15.5. The minimum Gasteiger partial charge on any atom is -0.497 e. The average molecular weight is 308 g/mol. The van der Waals surface area contributed by atoms with E-state index < -0.39 is 0 Å². The molecule has 2 aromatic carbocycles. The molecule has 0 radical (unpaired) electrons. The van der Waals surface area contributed by atoms with E-state index >= 15 is 0 Å². The number of rotatable bonds is 4. The summed E-state index contributed by atoms with van der Waals surface area (Å²) < 4.78 is 5.18. The maximum Gasteiger partial charge on any atom is 0.119 e. The molecule has 1 N–H and O–H groups in total. The van der Waals surface area contributed by atoms with E-state index in [0.717, 1.165) is 11.4 Å². The van der Waals surface area contributed by atoms with E-state index in [0.29, 0.717) is 6.04 Å². The van der Waals surface area contributed by atoms with Crippen LogP contribution in [0.1, 0.15) is 19.4 Å². The lowest BCUT2D eigenvalue weighted by molar-refractivity contribution is 0.415. The van der Waals surface area contributed by atoms with Crippen LogP contribution >= 0.6 is 0 Å². The van der Waals surface area contributed by atoms with Crippen LogP contribution in [0.25, 0.3) is 0 Å². The largest absolute Gasteiger partial charge is 0.497 e. The quantitative estimate of drug-likeness (QED) is 0.905. The van der Waals surface area contributed by atoms with Gasteiger partial charge in [-0.2, -0.15) is 0 Å². The molecule has 1 atom stereocenters. The van der Waals surface area contributed by atoms with Crippen LogP contribution in [0.2, 0.25) is 0 Å². The molecule has 3 nitrogen and oxygen atoms in total. The third kappa shape index (κ3) is 2.79. The van der Waals surface area contributed by atoms with Gasteiger partial charge in [-0.3, -0.25) is 0 Å². The number of methoxy groups -OCH3 is 1. The molecule has 3 heteroatoms. The lowest BCUT2D eigenvalue weighted by Gasteiger charge is -2.29. The van der Waals surface area contributed by atoms with Crippen molar-refractivity contribution in [2.24, 2.45) is 0 Å². The van der Waals surface area contributed by atoms with Crippen LogP contribution in [-0.4, -0.2) is 20.2 Å². The SMILES string of the molecule is COc1ccc(NC=CC2N(C)c3ccccc3C2(C)C)cc1. The van der Waals surface area contributed by atoms with E-state index in [1.54, 1.807) is 7.11 Å². The zero-order valence-corrected chi connectivity index (χ0v) is 14.2. The van der Waals surface area contributed by atoms with E-state index in [4.69, 9.17) is 4.74 Å². The molecule has 1 unspecified atom stereocenters. The zero-order chi connectivity index (χ0) is 16.4. The minimum absolute atomic E-state index is 0.0867. The van der Waals surface area contributed by atoms with Crippen LogP contribution < -0.4 is 15.0 Å². The van der Waals surface area contributed by atoms with E-state index in [2.05, 4.69) is 61.5 Å². The summed E-state index contributed by atoms with van der Waals surface area (Å²) in [6.45, 7) is 4.61. The number of para-hydroxylation sites is 1. The summed E-state index contributed by atoms with van der Waals surface area (Å²) in [5.74, 6) is 0.867. The molecule has 0 amide bonds. The molecular formula is C20H24N2O. The Morgan fingerprint density at radius 2 is 1.78 bits per heavy atom. The Labute approximate surface area is 138 Å². The second-order valence-corrected chi connectivity index (χ2v) is 6.53. The first-order chi connectivity index (χ1) is 11.0. The fourth-order valence-electron chi connectivity index (χ4n) is 3.41. The number of fused-ring (bicyclic) bond motifs is 1. The minimum atomic E-state index is 0.0867. The van der Waals surface area contributed by atoms with Gasteiger partial charge in [-0.05, 0) is 48.2 Å². The summed E-state index contributed by atoms with van der Waals surface area (Å²) in [6.07, 6.45) is 4.28. The summed E-state index contributed by atoms with van der Waals surface area (Å²) in [6, 6.07) is 16.9. The molecule has 0 bridgehead atoms. The predicted molar refractivity (Wildman–Crippen MR) is 97.4 cm³/mol. The fourth-order valence-corrected chi connectivity index (χ4v) is 3.41. The van der Waals surface area contributed by atoms with Gasteiger partial charge in [0.2, 0.25) is 0 Å². The molecular weight excluding hydrogens is 284 g/mol. The van der Waals surface area contributed by atoms with Crippen LogP contribution in [0.4, 0.5) is 11.4 Å². The molecule has 23 heavy (non-hydrogen) atoms. The third-order valence-electron chi connectivity index (χ3n) is 4.75. The van der Waals surface area contributed by atoms with Crippen LogP contribution in [0.3, 0.4) is 0 Å². The van der Waals surface area contributed by atoms with Crippen molar-refractivity contribution in [2.75, 3.05) is 24.4 Å². The van der Waals surface area contributed by atoms with E-state index in [-0.39, 0.29) is 5.41 Å². The summed E-state index contributed by atoms with van der Waals surface area (Å²) >= 11 is 0. The van der Waals surface area contributed by atoms with Crippen LogP contribution in [-0.2, 0) is 5.41 Å². The van der Waals surface area contributed by atoms with Gasteiger partial charge in [0.1, 0.15) is 5.75 Å². The molecule has 0 aromatic heterocycles. The summed E-state index contributed by atoms with van der Waals surface area (Å²) in [4.78, 5) is 2.35. The van der Waals surface area contributed by atoms with Gasteiger partial charge in [-0.1, -0.05) is 32.0 Å². The van der Waals surface area contributed by atoms with Gasteiger partial charge >= 0.3 is 0 Å². The van der Waals surface area contributed by atoms with Crippen molar-refractivity contribution in [1.29, 1.82) is 0 Å². The Bertz CT molecular complexity index is 704. The van der Waals surface area contributed by atoms with Gasteiger partial charge in [0, 0.05) is 23.8 Å². The standard InChI is InChI=1S/C20H24N2O/c1-20(2)17-7-5-6-8-18(17)22(3)19(20)13-14-21-15-9-11-16(23-4)12-10-15/h5-14,19,21H,1-4H3. The predicted octanol–water partition coefficient (Wildman–Crippen LogP) is 4.42. The summed E-state index contributed by atoms with van der Waals surface area (Å²) in [5, 5.41) is 3.35. The first-order valence-electron chi connectivity index (χ1n) is 7.93. The highest BCUT2D eigenvalue weighted by molar-refractivity contribution is 5.64. The highest BCUT2D eigenvalue weighted by Crippen LogP contribution is 2.44. The second kappa shape index (κ2) is 5.99. The van der Waals surface area contributed by atoms with Gasteiger partial charge in [-0.25, -0.2) is 0 Å². The molecule has 0 saturated carbocycles. The molecule has 120 valence electrons. The summed E-state index contributed by atoms with van der Waals surface area (Å²) in [5.41, 5.74) is 3.86. The lowest BCUT2D eigenvalue weighted by Crippen LogP contribution is -2.37. The maximum atomic E-state index is 5.18. The van der Waals surface area contributed by atoms with E-state index in [1.807, 2.05) is 30.5 Å². The Morgan fingerprint density at radius 3 is 2.43 bits per heavy atom. The molecule has 1 heterocycles. The monoisotopic (exact) mass is 308 g/mol. The Morgan fingerprint density at radius 1 is 1.09 bits per heavy atom. The maximum absolute atomic E-state index is 5.18. The van der Waals surface area contributed by atoms with Crippen LogP contribution in [0.5, 0.6) is 5.75 Å².